The highest BCUT2D eigenvalue weighted by atomic mass is 32.2. The van der Waals surface area contributed by atoms with E-state index in [0.717, 1.165) is 28.6 Å². The average Bonchev–Trinajstić information content (AvgIpc) is 2.96. The molecule has 2 aromatic carbocycles. The lowest BCUT2D eigenvalue weighted by molar-refractivity contribution is -0.123. The molecule has 0 radical (unpaired) electrons. The minimum Gasteiger partial charge on any atom is -0.497 e. The highest BCUT2D eigenvalue weighted by molar-refractivity contribution is 8.18. The molecule has 2 aromatic rings. The summed E-state index contributed by atoms with van der Waals surface area (Å²) >= 11 is 0.911. The largest absolute Gasteiger partial charge is 0.497 e. The molecule has 2 amide bonds. The van der Waals surface area contributed by atoms with Gasteiger partial charge >= 0.3 is 5.97 Å². The second-order valence-corrected chi connectivity index (χ2v) is 6.72. The van der Waals surface area contributed by atoms with Gasteiger partial charge < -0.3 is 9.47 Å². The van der Waals surface area contributed by atoms with Gasteiger partial charge in [0.25, 0.3) is 11.1 Å². The Morgan fingerprint density at radius 1 is 1.04 bits per heavy atom. The monoisotopic (exact) mass is 383 g/mol. The van der Waals surface area contributed by atoms with Gasteiger partial charge in [0, 0.05) is 0 Å². The summed E-state index contributed by atoms with van der Waals surface area (Å²) < 4.78 is 9.76. The smallest absolute Gasteiger partial charge is 0.337 e. The van der Waals surface area contributed by atoms with Gasteiger partial charge in [0.15, 0.2) is 0 Å². The maximum Gasteiger partial charge on any atom is 0.337 e. The lowest BCUT2D eigenvalue weighted by Gasteiger charge is -2.12. The topological polar surface area (TPSA) is 72.9 Å². The van der Waals surface area contributed by atoms with E-state index in [1.807, 2.05) is 12.1 Å². The molecule has 7 heteroatoms. The van der Waals surface area contributed by atoms with Crippen molar-refractivity contribution in [1.29, 1.82) is 0 Å². The third-order valence-electron chi connectivity index (χ3n) is 4.00. The molecule has 1 aliphatic heterocycles. The van der Waals surface area contributed by atoms with Crippen molar-refractivity contribution in [2.45, 2.75) is 6.54 Å². The van der Waals surface area contributed by atoms with E-state index in [9.17, 15) is 14.4 Å². The molecule has 0 saturated carbocycles. The number of imide groups is 1. The number of amides is 2. The van der Waals surface area contributed by atoms with Crippen LogP contribution in [0.4, 0.5) is 4.79 Å². The number of hydrogen-bond donors (Lipinski definition) is 0. The van der Waals surface area contributed by atoms with Crippen LogP contribution >= 0.6 is 11.8 Å². The molecular weight excluding hydrogens is 366 g/mol. The first-order valence-corrected chi connectivity index (χ1v) is 8.90. The third kappa shape index (κ3) is 4.20. The molecule has 1 fully saturated rings. The molecule has 6 nitrogen and oxygen atoms in total. The second-order valence-electron chi connectivity index (χ2n) is 5.73. The van der Waals surface area contributed by atoms with Crippen LogP contribution in [0.25, 0.3) is 6.08 Å². The molecule has 0 aromatic heterocycles. The van der Waals surface area contributed by atoms with Crippen molar-refractivity contribution < 1.29 is 23.9 Å². The van der Waals surface area contributed by atoms with Gasteiger partial charge in [-0.1, -0.05) is 24.3 Å². The van der Waals surface area contributed by atoms with E-state index in [2.05, 4.69) is 4.74 Å². The van der Waals surface area contributed by atoms with Gasteiger partial charge in [-0.05, 0) is 53.2 Å². The molecular formula is C20H17NO5S. The lowest BCUT2D eigenvalue weighted by atomic mass is 10.1. The second kappa shape index (κ2) is 8.09. The van der Waals surface area contributed by atoms with Gasteiger partial charge in [0.1, 0.15) is 5.75 Å². The van der Waals surface area contributed by atoms with Crippen LogP contribution in [0.5, 0.6) is 5.75 Å². The van der Waals surface area contributed by atoms with E-state index in [1.54, 1.807) is 49.6 Å². The van der Waals surface area contributed by atoms with Crippen LogP contribution in [-0.4, -0.2) is 36.2 Å². The van der Waals surface area contributed by atoms with Crippen LogP contribution in [0.15, 0.2) is 53.4 Å². The summed E-state index contributed by atoms with van der Waals surface area (Å²) in [5.74, 6) is -0.0522. The Labute approximate surface area is 160 Å². The zero-order valence-corrected chi connectivity index (χ0v) is 15.6. The normalized spacial score (nSPS) is 15.3. The number of hydrogen-bond acceptors (Lipinski definition) is 6. The van der Waals surface area contributed by atoms with E-state index >= 15 is 0 Å². The number of ether oxygens (including phenoxy) is 2. The van der Waals surface area contributed by atoms with Crippen LogP contribution in [0.3, 0.4) is 0 Å². The fraction of sp³-hybridized carbons (Fsp3) is 0.150. The summed E-state index contributed by atoms with van der Waals surface area (Å²) in [6.45, 7) is 0.145. The number of benzene rings is 2. The highest BCUT2D eigenvalue weighted by Gasteiger charge is 2.34. The van der Waals surface area contributed by atoms with E-state index in [1.165, 1.54) is 12.0 Å². The molecule has 1 aliphatic rings. The van der Waals surface area contributed by atoms with Gasteiger partial charge in [-0.2, -0.15) is 0 Å². The molecule has 0 spiro atoms. The Hall–Kier alpha value is -3.06. The van der Waals surface area contributed by atoms with Gasteiger partial charge in [-0.25, -0.2) is 4.79 Å². The van der Waals surface area contributed by atoms with E-state index < -0.39 is 5.97 Å². The molecule has 1 saturated heterocycles. The fourth-order valence-corrected chi connectivity index (χ4v) is 3.37. The number of carbonyl (C=O) groups is 3. The Balaban J connectivity index is 1.73. The molecule has 0 aliphatic carbocycles. The van der Waals surface area contributed by atoms with Crippen LogP contribution in [-0.2, 0) is 16.1 Å². The highest BCUT2D eigenvalue weighted by Crippen LogP contribution is 2.33. The van der Waals surface area contributed by atoms with Crippen molar-refractivity contribution in [3.63, 3.8) is 0 Å². The number of methoxy groups -OCH3 is 2. The van der Waals surface area contributed by atoms with Gasteiger partial charge in [0.05, 0.1) is 31.2 Å². The molecule has 0 N–H and O–H groups in total. The van der Waals surface area contributed by atoms with Crippen molar-refractivity contribution in [3.8, 4) is 5.75 Å². The maximum atomic E-state index is 12.6. The van der Waals surface area contributed by atoms with Gasteiger partial charge in [-0.3, -0.25) is 14.5 Å². The Morgan fingerprint density at radius 2 is 1.70 bits per heavy atom. The van der Waals surface area contributed by atoms with Gasteiger partial charge in [0.2, 0.25) is 0 Å². The van der Waals surface area contributed by atoms with E-state index in [-0.39, 0.29) is 17.7 Å². The van der Waals surface area contributed by atoms with Crippen LogP contribution < -0.4 is 4.74 Å². The summed E-state index contributed by atoms with van der Waals surface area (Å²) in [6.07, 6.45) is 1.69. The van der Waals surface area contributed by atoms with Crippen molar-refractivity contribution in [3.05, 3.63) is 70.1 Å². The standard InChI is InChI=1S/C20H17NO5S/c1-25-16-9-5-13(6-10-16)11-17-18(22)21(20(24)27-17)12-14-3-7-15(8-4-14)19(23)26-2/h3-11H,12H2,1-2H3/b17-11+. The van der Waals surface area contributed by atoms with Crippen molar-refractivity contribution in [2.24, 2.45) is 0 Å². The van der Waals surface area contributed by atoms with Crippen LogP contribution in [0.2, 0.25) is 0 Å². The van der Waals surface area contributed by atoms with Crippen molar-refractivity contribution in [1.82, 2.24) is 4.90 Å². The third-order valence-corrected chi connectivity index (χ3v) is 4.91. The number of carbonyl (C=O) groups excluding carboxylic acids is 3. The average molecular weight is 383 g/mol. The fourth-order valence-electron chi connectivity index (χ4n) is 2.53. The molecule has 1 heterocycles. The summed E-state index contributed by atoms with van der Waals surface area (Å²) in [5, 5.41) is -0.322. The molecule has 0 atom stereocenters. The quantitative estimate of drug-likeness (QED) is 0.579. The number of esters is 1. The minimum absolute atomic E-state index is 0.145. The van der Waals surface area contributed by atoms with Crippen LogP contribution in [0.1, 0.15) is 21.5 Å². The molecule has 138 valence electrons. The maximum absolute atomic E-state index is 12.6. The van der Waals surface area contributed by atoms with Crippen molar-refractivity contribution in [2.75, 3.05) is 14.2 Å². The van der Waals surface area contributed by atoms with E-state index in [0.29, 0.717) is 10.5 Å². The molecule has 0 unspecified atom stereocenters. The first-order chi connectivity index (χ1) is 13.0. The SMILES string of the molecule is COC(=O)c1ccc(CN2C(=O)S/C(=C/c3ccc(OC)cc3)C2=O)cc1. The number of nitrogens with zero attached hydrogens (tertiary/aromatic N) is 1. The van der Waals surface area contributed by atoms with Crippen molar-refractivity contribution >= 4 is 35.0 Å². The summed E-state index contributed by atoms with van der Waals surface area (Å²) in [5.41, 5.74) is 1.97. The summed E-state index contributed by atoms with van der Waals surface area (Å²) in [7, 11) is 2.89. The Morgan fingerprint density at radius 3 is 2.30 bits per heavy atom. The zero-order valence-electron chi connectivity index (χ0n) is 14.8. The predicted molar refractivity (Wildman–Crippen MR) is 102 cm³/mol. The number of rotatable bonds is 5. The van der Waals surface area contributed by atoms with Gasteiger partial charge in [-0.15, -0.1) is 0 Å². The summed E-state index contributed by atoms with van der Waals surface area (Å²) in [6, 6.07) is 13.8. The van der Waals surface area contributed by atoms with Crippen LogP contribution in [0, 0.1) is 0 Å². The molecule has 0 bridgehead atoms. The lowest BCUT2D eigenvalue weighted by Crippen LogP contribution is -2.27. The molecule has 3 rings (SSSR count). The first kappa shape index (κ1) is 18.7. The summed E-state index contributed by atoms with van der Waals surface area (Å²) in [4.78, 5) is 37.9. The minimum atomic E-state index is -0.435. The zero-order chi connectivity index (χ0) is 19.4. The Bertz CT molecular complexity index is 903. The number of thioether (sulfide) groups is 1. The Kier molecular flexibility index (Phi) is 5.61. The first-order valence-electron chi connectivity index (χ1n) is 8.08. The predicted octanol–water partition coefficient (Wildman–Crippen LogP) is 3.72. The molecule has 27 heavy (non-hydrogen) atoms. The van der Waals surface area contributed by atoms with E-state index in [4.69, 9.17) is 4.74 Å².